The Hall–Kier alpha value is -3.45. The van der Waals surface area contributed by atoms with Gasteiger partial charge in [0.1, 0.15) is 5.75 Å². The first kappa shape index (κ1) is 23.7. The largest absolute Gasteiger partial charge is 0.435 e. The van der Waals surface area contributed by atoms with Gasteiger partial charge in [0, 0.05) is 34.9 Å². The fourth-order valence-corrected chi connectivity index (χ4v) is 4.56. The molecule has 2 amide bonds. The summed E-state index contributed by atoms with van der Waals surface area (Å²) in [5.41, 5.74) is 2.61. The van der Waals surface area contributed by atoms with Crippen LogP contribution < -0.4 is 14.5 Å². The number of fused-ring (bicyclic) bond motifs is 1. The molecule has 3 aromatic carbocycles. The number of nitrogens with zero attached hydrogens (tertiary/aromatic N) is 2. The molecule has 0 unspecified atom stereocenters. The van der Waals surface area contributed by atoms with Crippen molar-refractivity contribution in [2.75, 3.05) is 9.80 Å². The van der Waals surface area contributed by atoms with Crippen LogP contribution in [0.1, 0.15) is 42.2 Å². The minimum Gasteiger partial charge on any atom is -0.435 e. The Morgan fingerprint density at radius 2 is 1.68 bits per heavy atom. The summed E-state index contributed by atoms with van der Waals surface area (Å²) in [5.74, 6) is -0.398. The fourth-order valence-electron chi connectivity index (χ4n) is 4.44. The number of carbonyl (C=O) groups is 2. The van der Waals surface area contributed by atoms with E-state index in [1.807, 2.05) is 31.2 Å². The normalized spacial score (nSPS) is 17.3. The van der Waals surface area contributed by atoms with Crippen LogP contribution in [0.25, 0.3) is 0 Å². The summed E-state index contributed by atoms with van der Waals surface area (Å²) in [6.45, 7) is 0.509. The Kier molecular flexibility index (Phi) is 6.84. The number of halogens is 3. The van der Waals surface area contributed by atoms with Gasteiger partial charge >= 0.3 is 6.61 Å². The zero-order chi connectivity index (χ0) is 24.4. The van der Waals surface area contributed by atoms with Gasteiger partial charge in [0.25, 0.3) is 5.91 Å². The van der Waals surface area contributed by atoms with Gasteiger partial charge in [-0.3, -0.25) is 9.59 Å². The van der Waals surface area contributed by atoms with Gasteiger partial charge < -0.3 is 14.5 Å². The van der Waals surface area contributed by atoms with E-state index in [-0.39, 0.29) is 29.6 Å². The summed E-state index contributed by atoms with van der Waals surface area (Å²) in [6.07, 6.45) is 0.511. The van der Waals surface area contributed by atoms with Crippen LogP contribution in [0.2, 0.25) is 5.02 Å². The van der Waals surface area contributed by atoms with E-state index >= 15 is 0 Å². The van der Waals surface area contributed by atoms with Crippen LogP contribution in [0.4, 0.5) is 20.2 Å². The molecule has 0 aromatic heterocycles. The summed E-state index contributed by atoms with van der Waals surface area (Å²) in [5, 5.41) is 0.575. The second-order valence-corrected chi connectivity index (χ2v) is 8.54. The van der Waals surface area contributed by atoms with Crippen molar-refractivity contribution >= 4 is 34.8 Å². The van der Waals surface area contributed by atoms with Gasteiger partial charge in [-0.05, 0) is 73.5 Å². The van der Waals surface area contributed by atoms with E-state index in [9.17, 15) is 18.4 Å². The maximum atomic E-state index is 13.5. The van der Waals surface area contributed by atoms with Gasteiger partial charge in [-0.2, -0.15) is 8.78 Å². The number of ether oxygens (including phenoxy) is 1. The van der Waals surface area contributed by atoms with E-state index in [0.29, 0.717) is 22.7 Å². The predicted molar refractivity (Wildman–Crippen MR) is 128 cm³/mol. The van der Waals surface area contributed by atoms with Crippen molar-refractivity contribution in [3.8, 4) is 5.75 Å². The number of carbonyl (C=O) groups excluding carboxylic acids is 2. The van der Waals surface area contributed by atoms with Gasteiger partial charge in [0.15, 0.2) is 0 Å². The van der Waals surface area contributed by atoms with Crippen LogP contribution in [0.15, 0.2) is 72.8 Å². The number of hydrogen-bond acceptors (Lipinski definition) is 3. The molecule has 0 N–H and O–H groups in total. The Bertz CT molecular complexity index is 1190. The second-order valence-electron chi connectivity index (χ2n) is 8.10. The van der Waals surface area contributed by atoms with E-state index in [4.69, 9.17) is 11.6 Å². The first-order chi connectivity index (χ1) is 16.3. The van der Waals surface area contributed by atoms with Crippen molar-refractivity contribution in [2.45, 2.75) is 39.0 Å². The number of hydrogen-bond donors (Lipinski definition) is 0. The Balaban J connectivity index is 1.70. The summed E-state index contributed by atoms with van der Waals surface area (Å²) in [7, 11) is 0. The third kappa shape index (κ3) is 4.75. The molecule has 0 fully saturated rings. The molecule has 1 heterocycles. The van der Waals surface area contributed by atoms with Crippen molar-refractivity contribution in [3.05, 3.63) is 88.9 Å². The van der Waals surface area contributed by atoms with Crippen molar-refractivity contribution in [1.29, 1.82) is 0 Å². The molecule has 0 aliphatic carbocycles. The number of para-hydroxylation sites is 1. The Morgan fingerprint density at radius 3 is 2.29 bits per heavy atom. The molecular weight excluding hydrogens is 462 g/mol. The molecule has 8 heteroatoms. The standard InChI is InChI=1S/C26H23ClF2N2O3/c1-16-15-24(31(17(2)32)20-11-9-19(27)10-12-20)22-5-3-4-6-23(22)30(16)25(33)18-7-13-21(14-8-18)34-26(28)29/h3-14,16,24,26H,15H2,1-2H3/t16-,24+/m0/s1. The van der Waals surface area contributed by atoms with Crippen LogP contribution in [0.3, 0.4) is 0 Å². The SMILES string of the molecule is CC(=O)N(c1ccc(Cl)cc1)[C@@H]1C[C@H](C)N(C(=O)c2ccc(OC(F)F)cc2)c2ccccc21. The van der Waals surface area contributed by atoms with Crippen LogP contribution in [0.5, 0.6) is 5.75 Å². The molecule has 0 saturated heterocycles. The number of anilines is 2. The summed E-state index contributed by atoms with van der Waals surface area (Å²) >= 11 is 6.04. The van der Waals surface area contributed by atoms with E-state index in [1.54, 1.807) is 34.1 Å². The number of alkyl halides is 2. The maximum Gasteiger partial charge on any atom is 0.387 e. The lowest BCUT2D eigenvalue weighted by molar-refractivity contribution is -0.117. The zero-order valence-corrected chi connectivity index (χ0v) is 19.4. The van der Waals surface area contributed by atoms with E-state index in [1.165, 1.54) is 31.2 Å². The van der Waals surface area contributed by atoms with Crippen molar-refractivity contribution in [2.24, 2.45) is 0 Å². The Morgan fingerprint density at radius 1 is 1.03 bits per heavy atom. The summed E-state index contributed by atoms with van der Waals surface area (Å²) < 4.78 is 29.3. The van der Waals surface area contributed by atoms with Gasteiger partial charge in [0.2, 0.25) is 5.91 Å². The van der Waals surface area contributed by atoms with E-state index in [2.05, 4.69) is 4.74 Å². The molecule has 3 aromatic rings. The number of rotatable bonds is 5. The quantitative estimate of drug-likeness (QED) is 0.416. The lowest BCUT2D eigenvalue weighted by Crippen LogP contribution is -2.47. The molecule has 34 heavy (non-hydrogen) atoms. The minimum atomic E-state index is -2.93. The summed E-state index contributed by atoms with van der Waals surface area (Å²) in [4.78, 5) is 29.6. The highest BCUT2D eigenvalue weighted by molar-refractivity contribution is 6.30. The average Bonchev–Trinajstić information content (AvgIpc) is 2.80. The monoisotopic (exact) mass is 484 g/mol. The van der Waals surface area contributed by atoms with Gasteiger partial charge in [-0.25, -0.2) is 0 Å². The van der Waals surface area contributed by atoms with Gasteiger partial charge in [-0.15, -0.1) is 0 Å². The first-order valence-electron chi connectivity index (χ1n) is 10.8. The van der Waals surface area contributed by atoms with Crippen LogP contribution in [-0.4, -0.2) is 24.5 Å². The molecule has 2 atom stereocenters. The maximum absolute atomic E-state index is 13.5. The lowest BCUT2D eigenvalue weighted by Gasteiger charge is -2.43. The topological polar surface area (TPSA) is 49.9 Å². The van der Waals surface area contributed by atoms with E-state index < -0.39 is 6.61 Å². The third-order valence-corrected chi connectivity index (χ3v) is 6.11. The molecule has 0 radical (unpaired) electrons. The first-order valence-corrected chi connectivity index (χ1v) is 11.2. The van der Waals surface area contributed by atoms with Gasteiger partial charge in [-0.1, -0.05) is 29.8 Å². The fraction of sp³-hybridized carbons (Fsp3) is 0.231. The molecular formula is C26H23ClF2N2O3. The predicted octanol–water partition coefficient (Wildman–Crippen LogP) is 6.47. The Labute approximate surface area is 201 Å². The van der Waals surface area contributed by atoms with Gasteiger partial charge in [0.05, 0.1) is 6.04 Å². The summed E-state index contributed by atoms with van der Waals surface area (Å²) in [6, 6.07) is 19.7. The zero-order valence-electron chi connectivity index (χ0n) is 18.6. The van der Waals surface area contributed by atoms with Crippen LogP contribution in [-0.2, 0) is 4.79 Å². The van der Waals surface area contributed by atoms with Crippen LogP contribution in [0, 0.1) is 0 Å². The highest BCUT2D eigenvalue weighted by Gasteiger charge is 2.38. The smallest absolute Gasteiger partial charge is 0.387 e. The van der Waals surface area contributed by atoms with Crippen molar-refractivity contribution < 1.29 is 23.1 Å². The van der Waals surface area contributed by atoms with Crippen LogP contribution >= 0.6 is 11.6 Å². The molecule has 0 spiro atoms. The minimum absolute atomic E-state index is 0.0150. The van der Waals surface area contributed by atoms with Crippen molar-refractivity contribution in [1.82, 2.24) is 0 Å². The number of amides is 2. The van der Waals surface area contributed by atoms with Crippen molar-refractivity contribution in [3.63, 3.8) is 0 Å². The molecule has 5 nitrogen and oxygen atoms in total. The van der Waals surface area contributed by atoms with E-state index in [0.717, 1.165) is 11.3 Å². The second kappa shape index (κ2) is 9.81. The third-order valence-electron chi connectivity index (χ3n) is 5.86. The lowest BCUT2D eigenvalue weighted by atomic mass is 9.89. The molecule has 0 saturated carbocycles. The molecule has 176 valence electrons. The highest BCUT2D eigenvalue weighted by atomic mass is 35.5. The molecule has 1 aliphatic rings. The highest BCUT2D eigenvalue weighted by Crippen LogP contribution is 2.43. The molecule has 0 bridgehead atoms. The number of benzene rings is 3. The molecule has 1 aliphatic heterocycles. The average molecular weight is 485 g/mol. The molecule has 4 rings (SSSR count).